The van der Waals surface area contributed by atoms with Crippen LogP contribution >= 0.6 is 15.9 Å². The predicted molar refractivity (Wildman–Crippen MR) is 112 cm³/mol. The molecule has 0 spiro atoms. The van der Waals surface area contributed by atoms with E-state index in [9.17, 15) is 18.0 Å². The van der Waals surface area contributed by atoms with Gasteiger partial charge in [0.15, 0.2) is 0 Å². The van der Waals surface area contributed by atoms with Crippen molar-refractivity contribution in [3.63, 3.8) is 0 Å². The van der Waals surface area contributed by atoms with Crippen LogP contribution in [0.1, 0.15) is 33.3 Å². The Morgan fingerprint density at radius 3 is 2.65 bits per heavy atom. The summed E-state index contributed by atoms with van der Waals surface area (Å²) in [6, 6.07) is 12.6. The van der Waals surface area contributed by atoms with Gasteiger partial charge in [0, 0.05) is 11.0 Å². The summed E-state index contributed by atoms with van der Waals surface area (Å²) in [5.41, 5.74) is 1.29. The molecule has 2 heterocycles. The number of halogens is 4. The van der Waals surface area contributed by atoms with E-state index in [1.165, 1.54) is 23.0 Å². The fourth-order valence-electron chi connectivity index (χ4n) is 3.58. The zero-order valence-electron chi connectivity index (χ0n) is 16.6. The molecule has 162 valence electrons. The van der Waals surface area contributed by atoms with E-state index in [2.05, 4.69) is 21.0 Å². The molecule has 0 N–H and O–H groups in total. The highest BCUT2D eigenvalue weighted by Gasteiger charge is 2.31. The molecule has 31 heavy (non-hydrogen) atoms. The molecule has 9 heteroatoms. The maximum absolute atomic E-state index is 13.2. The molecule has 0 bridgehead atoms. The average molecular weight is 494 g/mol. The van der Waals surface area contributed by atoms with Crippen LogP contribution in [-0.4, -0.2) is 40.3 Å². The van der Waals surface area contributed by atoms with Gasteiger partial charge in [0.2, 0.25) is 0 Å². The third kappa shape index (κ3) is 4.52. The van der Waals surface area contributed by atoms with E-state index in [1.807, 2.05) is 24.3 Å². The van der Waals surface area contributed by atoms with E-state index in [0.29, 0.717) is 31.0 Å². The second kappa shape index (κ2) is 8.47. The number of hydrogen-bond acceptors (Lipinski definition) is 3. The Hall–Kier alpha value is -2.65. The largest absolute Gasteiger partial charge is 0.416 e. The molecule has 1 saturated heterocycles. The zero-order valence-corrected chi connectivity index (χ0v) is 18.2. The smallest absolute Gasteiger partial charge is 0.370 e. The zero-order chi connectivity index (χ0) is 22.2. The Labute approximate surface area is 185 Å². The number of ether oxygens (including phenoxy) is 1. The van der Waals surface area contributed by atoms with Crippen molar-refractivity contribution in [2.75, 3.05) is 19.7 Å². The molecule has 1 aliphatic heterocycles. The van der Waals surface area contributed by atoms with Gasteiger partial charge in [-0.3, -0.25) is 4.79 Å². The van der Waals surface area contributed by atoms with Crippen LogP contribution in [0.4, 0.5) is 13.2 Å². The molecular formula is C22H19BrF3N3O2. The SMILES string of the molecule is Cc1c(C(=O)N2CCOC(c3ccc(Br)cc3)C2)cnn1-c1cccc(C(F)(F)F)c1. The van der Waals surface area contributed by atoms with E-state index in [4.69, 9.17) is 4.74 Å². The van der Waals surface area contributed by atoms with E-state index < -0.39 is 11.7 Å². The van der Waals surface area contributed by atoms with E-state index in [1.54, 1.807) is 11.8 Å². The molecular weight excluding hydrogens is 475 g/mol. The maximum Gasteiger partial charge on any atom is 0.416 e. The van der Waals surface area contributed by atoms with Crippen molar-refractivity contribution in [1.29, 1.82) is 0 Å². The number of hydrogen-bond donors (Lipinski definition) is 0. The third-order valence-corrected chi connectivity index (χ3v) is 5.78. The van der Waals surface area contributed by atoms with Crippen molar-refractivity contribution in [3.05, 3.63) is 81.6 Å². The lowest BCUT2D eigenvalue weighted by molar-refractivity contribution is -0.137. The van der Waals surface area contributed by atoms with E-state index in [-0.39, 0.29) is 17.7 Å². The van der Waals surface area contributed by atoms with Crippen LogP contribution in [-0.2, 0) is 10.9 Å². The number of alkyl halides is 3. The van der Waals surface area contributed by atoms with Gasteiger partial charge in [-0.2, -0.15) is 18.3 Å². The van der Waals surface area contributed by atoms with Gasteiger partial charge in [0.25, 0.3) is 5.91 Å². The molecule has 1 aromatic heterocycles. The van der Waals surface area contributed by atoms with Crippen molar-refractivity contribution in [3.8, 4) is 5.69 Å². The van der Waals surface area contributed by atoms with Gasteiger partial charge in [0.05, 0.1) is 41.9 Å². The van der Waals surface area contributed by atoms with Crippen molar-refractivity contribution in [1.82, 2.24) is 14.7 Å². The summed E-state index contributed by atoms with van der Waals surface area (Å²) in [6.45, 7) is 2.88. The first-order valence-corrected chi connectivity index (χ1v) is 10.4. The number of carbonyl (C=O) groups excluding carboxylic acids is 1. The minimum Gasteiger partial charge on any atom is -0.370 e. The molecule has 2 aromatic carbocycles. The number of nitrogens with zero attached hydrogens (tertiary/aromatic N) is 3. The number of carbonyl (C=O) groups is 1. The van der Waals surface area contributed by atoms with Crippen LogP contribution in [0.3, 0.4) is 0 Å². The topological polar surface area (TPSA) is 47.4 Å². The van der Waals surface area contributed by atoms with E-state index >= 15 is 0 Å². The molecule has 4 rings (SSSR count). The highest BCUT2D eigenvalue weighted by atomic mass is 79.9. The Bertz CT molecular complexity index is 1100. The first-order valence-electron chi connectivity index (χ1n) is 9.62. The number of aromatic nitrogens is 2. The van der Waals surface area contributed by atoms with Crippen LogP contribution in [0.25, 0.3) is 5.69 Å². The van der Waals surface area contributed by atoms with Crippen molar-refractivity contribution < 1.29 is 22.7 Å². The third-order valence-electron chi connectivity index (χ3n) is 5.25. The summed E-state index contributed by atoms with van der Waals surface area (Å²) >= 11 is 3.40. The van der Waals surface area contributed by atoms with E-state index in [0.717, 1.165) is 22.2 Å². The molecule has 1 fully saturated rings. The molecule has 1 atom stereocenters. The fraction of sp³-hybridized carbons (Fsp3) is 0.273. The summed E-state index contributed by atoms with van der Waals surface area (Å²) in [5.74, 6) is -0.221. The van der Waals surface area contributed by atoms with Crippen molar-refractivity contribution >= 4 is 21.8 Å². The second-order valence-electron chi connectivity index (χ2n) is 7.27. The predicted octanol–water partition coefficient (Wildman–Crippen LogP) is 5.18. The lowest BCUT2D eigenvalue weighted by Gasteiger charge is -2.33. The van der Waals surface area contributed by atoms with Gasteiger partial charge < -0.3 is 9.64 Å². The molecule has 0 aliphatic carbocycles. The quantitative estimate of drug-likeness (QED) is 0.505. The van der Waals surface area contributed by atoms with Gasteiger partial charge >= 0.3 is 6.18 Å². The summed E-state index contributed by atoms with van der Waals surface area (Å²) in [5, 5.41) is 4.18. The first-order chi connectivity index (χ1) is 14.7. The molecule has 0 radical (unpaired) electrons. The first kappa shape index (κ1) is 21.6. The summed E-state index contributed by atoms with van der Waals surface area (Å²) < 4.78 is 47.3. The molecule has 5 nitrogen and oxygen atoms in total. The normalized spacial score (nSPS) is 17.1. The van der Waals surface area contributed by atoms with Crippen LogP contribution < -0.4 is 0 Å². The number of amides is 1. The minimum atomic E-state index is -4.45. The Balaban J connectivity index is 1.56. The molecule has 0 saturated carbocycles. The second-order valence-corrected chi connectivity index (χ2v) is 8.18. The van der Waals surface area contributed by atoms with Crippen LogP contribution in [0.2, 0.25) is 0 Å². The van der Waals surface area contributed by atoms with Crippen LogP contribution in [0.5, 0.6) is 0 Å². The maximum atomic E-state index is 13.2. The minimum absolute atomic E-state index is 0.221. The van der Waals surface area contributed by atoms with Crippen molar-refractivity contribution in [2.24, 2.45) is 0 Å². The molecule has 3 aromatic rings. The molecule has 1 amide bonds. The van der Waals surface area contributed by atoms with Gasteiger partial charge in [-0.15, -0.1) is 0 Å². The van der Waals surface area contributed by atoms with Crippen LogP contribution in [0.15, 0.2) is 59.2 Å². The van der Waals surface area contributed by atoms with Gasteiger partial charge in [-0.05, 0) is 42.8 Å². The van der Waals surface area contributed by atoms with Gasteiger partial charge in [-0.1, -0.05) is 34.1 Å². The highest BCUT2D eigenvalue weighted by molar-refractivity contribution is 9.10. The lowest BCUT2D eigenvalue weighted by atomic mass is 10.1. The van der Waals surface area contributed by atoms with Crippen molar-refractivity contribution in [2.45, 2.75) is 19.2 Å². The fourth-order valence-corrected chi connectivity index (χ4v) is 3.84. The average Bonchev–Trinajstić information content (AvgIpc) is 3.14. The van der Waals surface area contributed by atoms with Crippen LogP contribution in [0, 0.1) is 6.92 Å². The summed E-state index contributed by atoms with van der Waals surface area (Å²) in [7, 11) is 0. The summed E-state index contributed by atoms with van der Waals surface area (Å²) in [4.78, 5) is 14.8. The Kier molecular flexibility index (Phi) is 5.90. The summed E-state index contributed by atoms with van der Waals surface area (Å²) in [6.07, 6.45) is -3.29. The molecule has 1 aliphatic rings. The number of morpholine rings is 1. The lowest BCUT2D eigenvalue weighted by Crippen LogP contribution is -2.42. The standard InChI is InChI=1S/C22H19BrF3N3O2/c1-14-19(12-27-29(14)18-4-2-3-16(11-18)22(24,25)26)21(30)28-9-10-31-20(13-28)15-5-7-17(23)8-6-15/h2-8,11-12,20H,9-10,13H2,1H3. The highest BCUT2D eigenvalue weighted by Crippen LogP contribution is 2.31. The number of benzene rings is 2. The molecule has 1 unspecified atom stereocenters. The van der Waals surface area contributed by atoms with Gasteiger partial charge in [0.1, 0.15) is 6.10 Å². The monoisotopic (exact) mass is 493 g/mol. The van der Waals surface area contributed by atoms with Gasteiger partial charge in [-0.25, -0.2) is 4.68 Å². The Morgan fingerprint density at radius 2 is 1.94 bits per heavy atom. The Morgan fingerprint density at radius 1 is 1.19 bits per heavy atom. The number of rotatable bonds is 3.